The number of aryl methyl sites for hydroxylation is 1. The van der Waals surface area contributed by atoms with Crippen molar-refractivity contribution in [2.24, 2.45) is 0 Å². The number of esters is 1. The van der Waals surface area contributed by atoms with E-state index in [1.165, 1.54) is 41.7 Å². The molecule has 0 fully saturated rings. The summed E-state index contributed by atoms with van der Waals surface area (Å²) in [5.74, 6) is -1.23. The van der Waals surface area contributed by atoms with Crippen LogP contribution in [-0.2, 0) is 27.2 Å². The van der Waals surface area contributed by atoms with Crippen molar-refractivity contribution in [3.05, 3.63) is 62.0 Å². The van der Waals surface area contributed by atoms with Crippen LogP contribution in [0.25, 0.3) is 6.08 Å². The molecule has 1 aliphatic rings. The second-order valence-corrected chi connectivity index (χ2v) is 7.47. The molecule has 148 valence electrons. The first-order valence-corrected chi connectivity index (χ1v) is 9.73. The molecule has 0 unspecified atom stereocenters. The third kappa shape index (κ3) is 5.06. The van der Waals surface area contributed by atoms with Gasteiger partial charge in [-0.15, -0.1) is 11.3 Å². The number of non-ortho nitro benzene ring substituents is 1. The number of hydrogen-bond donors (Lipinski definition) is 1. The molecule has 2 aromatic rings. The van der Waals surface area contributed by atoms with Gasteiger partial charge in [0.05, 0.1) is 10.5 Å². The van der Waals surface area contributed by atoms with Crippen LogP contribution in [0.3, 0.4) is 0 Å². The molecule has 1 aromatic heterocycles. The number of carbonyl (C=O) groups excluding carboxylic acids is 2. The van der Waals surface area contributed by atoms with Crippen LogP contribution in [0.5, 0.6) is 0 Å². The lowest BCUT2D eigenvalue weighted by Gasteiger charge is -2.09. The van der Waals surface area contributed by atoms with Crippen molar-refractivity contribution in [3.63, 3.8) is 0 Å². The maximum atomic E-state index is 12.1. The van der Waals surface area contributed by atoms with Gasteiger partial charge in [-0.1, -0.05) is 0 Å². The Bertz CT molecular complexity index is 1020. The minimum Gasteiger partial charge on any atom is -0.452 e. The summed E-state index contributed by atoms with van der Waals surface area (Å²) in [5.41, 5.74) is 2.05. The largest absolute Gasteiger partial charge is 0.452 e. The van der Waals surface area contributed by atoms with E-state index in [0.717, 1.165) is 42.2 Å². The number of carbonyl (C=O) groups is 2. The highest BCUT2D eigenvalue weighted by molar-refractivity contribution is 7.16. The van der Waals surface area contributed by atoms with Gasteiger partial charge in [0.1, 0.15) is 11.1 Å². The number of thiophene rings is 1. The Morgan fingerprint density at radius 3 is 2.69 bits per heavy atom. The molecule has 0 aliphatic heterocycles. The summed E-state index contributed by atoms with van der Waals surface area (Å²) in [5, 5.41) is 23.2. The van der Waals surface area contributed by atoms with Crippen LogP contribution in [0.1, 0.15) is 34.4 Å². The predicted molar refractivity (Wildman–Crippen MR) is 107 cm³/mol. The molecule has 1 heterocycles. The van der Waals surface area contributed by atoms with Crippen molar-refractivity contribution in [1.29, 1.82) is 5.26 Å². The van der Waals surface area contributed by atoms with Crippen LogP contribution < -0.4 is 5.32 Å². The van der Waals surface area contributed by atoms with E-state index in [9.17, 15) is 25.0 Å². The Kier molecular flexibility index (Phi) is 6.36. The Balaban J connectivity index is 1.53. The lowest BCUT2D eigenvalue weighted by molar-refractivity contribution is -0.384. The van der Waals surface area contributed by atoms with Crippen LogP contribution in [0.4, 0.5) is 10.7 Å². The van der Waals surface area contributed by atoms with Crippen molar-refractivity contribution in [3.8, 4) is 6.07 Å². The van der Waals surface area contributed by atoms with E-state index in [1.54, 1.807) is 0 Å². The van der Waals surface area contributed by atoms with Gasteiger partial charge in [-0.05, 0) is 55.0 Å². The number of nitro benzene ring substituents is 1. The number of benzene rings is 1. The van der Waals surface area contributed by atoms with E-state index in [4.69, 9.17) is 4.74 Å². The summed E-state index contributed by atoms with van der Waals surface area (Å²) in [6.45, 7) is -0.475. The van der Waals surface area contributed by atoms with Gasteiger partial charge < -0.3 is 10.1 Å². The smallest absolute Gasteiger partial charge is 0.331 e. The highest BCUT2D eigenvalue weighted by Crippen LogP contribution is 2.37. The minimum absolute atomic E-state index is 0.0478. The molecule has 1 N–H and O–H groups in total. The quantitative estimate of drug-likeness (QED) is 0.335. The fourth-order valence-corrected chi connectivity index (χ4v) is 4.25. The van der Waals surface area contributed by atoms with Gasteiger partial charge in [0.25, 0.3) is 11.6 Å². The van der Waals surface area contributed by atoms with Crippen LogP contribution >= 0.6 is 11.3 Å². The SMILES string of the molecule is N#Cc1c(NC(=O)COC(=O)/C=C\c2ccc([N+](=O)[O-])cc2)sc2c1CCCC2. The molecule has 0 spiro atoms. The van der Waals surface area contributed by atoms with E-state index < -0.39 is 23.4 Å². The Morgan fingerprint density at radius 2 is 2.00 bits per heavy atom. The van der Waals surface area contributed by atoms with Gasteiger partial charge >= 0.3 is 5.97 Å². The standard InChI is InChI=1S/C20H17N3O5S/c21-11-16-15-3-1-2-4-17(15)29-20(16)22-18(24)12-28-19(25)10-7-13-5-8-14(9-6-13)23(26)27/h5-10H,1-4,12H2,(H,22,24)/b10-7-. The number of nitro groups is 1. The third-order valence-corrected chi connectivity index (χ3v) is 5.60. The molecule has 0 atom stereocenters. The fraction of sp³-hybridized carbons (Fsp3) is 0.250. The number of nitriles is 1. The molecule has 0 bridgehead atoms. The first kappa shape index (κ1) is 20.2. The van der Waals surface area contributed by atoms with Gasteiger partial charge in [0.2, 0.25) is 0 Å². The Labute approximate surface area is 170 Å². The molecular formula is C20H17N3O5S. The maximum Gasteiger partial charge on any atom is 0.331 e. The molecule has 8 nitrogen and oxygen atoms in total. The number of amides is 1. The van der Waals surface area contributed by atoms with Crippen molar-refractivity contribution in [2.45, 2.75) is 25.7 Å². The molecular weight excluding hydrogens is 394 g/mol. The summed E-state index contributed by atoms with van der Waals surface area (Å²) >= 11 is 1.40. The van der Waals surface area contributed by atoms with Gasteiger partial charge in [0.15, 0.2) is 6.61 Å². The first-order chi connectivity index (χ1) is 14.0. The molecule has 9 heteroatoms. The van der Waals surface area contributed by atoms with Crippen molar-refractivity contribution >= 4 is 40.0 Å². The summed E-state index contributed by atoms with van der Waals surface area (Å²) in [6, 6.07) is 7.80. The van der Waals surface area contributed by atoms with Crippen molar-refractivity contribution in [1.82, 2.24) is 0 Å². The van der Waals surface area contributed by atoms with Crippen molar-refractivity contribution in [2.75, 3.05) is 11.9 Å². The number of anilines is 1. The minimum atomic E-state index is -0.718. The fourth-order valence-electron chi connectivity index (χ4n) is 2.99. The molecule has 1 aliphatic carbocycles. The highest BCUT2D eigenvalue weighted by Gasteiger charge is 2.21. The summed E-state index contributed by atoms with van der Waals surface area (Å²) in [6.07, 6.45) is 6.43. The number of ether oxygens (including phenoxy) is 1. The number of nitrogens with zero attached hydrogens (tertiary/aromatic N) is 2. The zero-order valence-electron chi connectivity index (χ0n) is 15.3. The molecule has 1 amide bonds. The van der Waals surface area contributed by atoms with Gasteiger partial charge in [-0.2, -0.15) is 5.26 Å². The van der Waals surface area contributed by atoms with Crippen LogP contribution in [0.2, 0.25) is 0 Å². The van der Waals surface area contributed by atoms with E-state index in [-0.39, 0.29) is 5.69 Å². The number of rotatable bonds is 6. The van der Waals surface area contributed by atoms with E-state index in [1.807, 2.05) is 0 Å². The Hall–Kier alpha value is -3.51. The van der Waals surface area contributed by atoms with E-state index >= 15 is 0 Å². The number of nitrogens with one attached hydrogen (secondary N) is 1. The van der Waals surface area contributed by atoms with Crippen LogP contribution in [0.15, 0.2) is 30.3 Å². The maximum absolute atomic E-state index is 12.1. The molecule has 0 saturated heterocycles. The second kappa shape index (κ2) is 9.12. The second-order valence-electron chi connectivity index (χ2n) is 6.36. The van der Waals surface area contributed by atoms with Crippen molar-refractivity contribution < 1.29 is 19.2 Å². The number of fused-ring (bicyclic) bond motifs is 1. The molecule has 29 heavy (non-hydrogen) atoms. The highest BCUT2D eigenvalue weighted by atomic mass is 32.1. The van der Waals surface area contributed by atoms with Gasteiger partial charge in [-0.3, -0.25) is 14.9 Å². The average Bonchev–Trinajstić information content (AvgIpc) is 3.07. The van der Waals surface area contributed by atoms with Crippen LogP contribution in [-0.4, -0.2) is 23.4 Å². The van der Waals surface area contributed by atoms with E-state index in [2.05, 4.69) is 11.4 Å². The summed E-state index contributed by atoms with van der Waals surface area (Å²) < 4.78 is 4.91. The van der Waals surface area contributed by atoms with Gasteiger partial charge in [0, 0.05) is 23.1 Å². The molecule has 0 radical (unpaired) electrons. The van der Waals surface area contributed by atoms with Gasteiger partial charge in [-0.25, -0.2) is 4.79 Å². The molecule has 0 saturated carbocycles. The average molecular weight is 411 g/mol. The third-order valence-electron chi connectivity index (χ3n) is 4.40. The summed E-state index contributed by atoms with van der Waals surface area (Å²) in [7, 11) is 0. The predicted octanol–water partition coefficient (Wildman–Crippen LogP) is 3.60. The van der Waals surface area contributed by atoms with E-state index in [0.29, 0.717) is 16.1 Å². The Morgan fingerprint density at radius 1 is 1.28 bits per heavy atom. The lowest BCUT2D eigenvalue weighted by atomic mass is 9.96. The zero-order chi connectivity index (χ0) is 20.8. The normalized spacial score (nSPS) is 12.8. The lowest BCUT2D eigenvalue weighted by Crippen LogP contribution is -2.20. The topological polar surface area (TPSA) is 122 Å². The number of hydrogen-bond acceptors (Lipinski definition) is 7. The first-order valence-electron chi connectivity index (χ1n) is 8.91. The summed E-state index contributed by atoms with van der Waals surface area (Å²) in [4.78, 5) is 35.1. The van der Waals surface area contributed by atoms with Crippen LogP contribution in [0, 0.1) is 21.4 Å². The molecule has 1 aromatic carbocycles. The molecule has 3 rings (SSSR count). The zero-order valence-corrected chi connectivity index (χ0v) is 16.2. The monoisotopic (exact) mass is 411 g/mol.